The van der Waals surface area contributed by atoms with E-state index in [0.717, 1.165) is 62.8 Å². The second-order valence-electron chi connectivity index (χ2n) is 6.63. The van der Waals surface area contributed by atoms with E-state index >= 15 is 0 Å². The van der Waals surface area contributed by atoms with Crippen LogP contribution in [0.25, 0.3) is 0 Å². The zero-order valence-corrected chi connectivity index (χ0v) is 17.2. The van der Waals surface area contributed by atoms with Crippen LogP contribution >= 0.6 is 28.3 Å². The fourth-order valence-electron chi connectivity index (χ4n) is 3.29. The van der Waals surface area contributed by atoms with Crippen molar-refractivity contribution in [3.8, 4) is 0 Å². The number of rotatable bonds is 9. The Kier molecular flexibility index (Phi) is 10.7. The second kappa shape index (κ2) is 11.9. The average molecular weight is 434 g/mol. The Morgan fingerprint density at radius 3 is 2.60 bits per heavy atom. The summed E-state index contributed by atoms with van der Waals surface area (Å²) in [5.41, 5.74) is 6.75. The molecule has 0 unspecified atom stereocenters. The fourth-order valence-corrected chi connectivity index (χ4v) is 3.69. The maximum atomic E-state index is 12.2. The number of halogens is 2. The van der Waals surface area contributed by atoms with Crippen LogP contribution in [0.3, 0.4) is 0 Å². The first-order valence-electron chi connectivity index (χ1n) is 8.97. The van der Waals surface area contributed by atoms with Gasteiger partial charge in [-0.1, -0.05) is 40.9 Å². The fraction of sp³-hybridized carbons (Fsp3) is 0.632. The molecule has 1 aromatic rings. The molecule has 0 aliphatic carbocycles. The van der Waals surface area contributed by atoms with E-state index in [0.29, 0.717) is 13.0 Å². The summed E-state index contributed by atoms with van der Waals surface area (Å²) in [5, 5.41) is 3.17. The predicted molar refractivity (Wildman–Crippen MR) is 108 cm³/mol. The maximum Gasteiger partial charge on any atom is 0.220 e. The molecule has 0 saturated carbocycles. The Morgan fingerprint density at radius 2 is 1.92 bits per heavy atom. The number of benzene rings is 1. The monoisotopic (exact) mass is 432 g/mol. The van der Waals surface area contributed by atoms with Crippen molar-refractivity contribution in [2.75, 3.05) is 26.3 Å². The van der Waals surface area contributed by atoms with Gasteiger partial charge in [-0.2, -0.15) is 0 Å². The summed E-state index contributed by atoms with van der Waals surface area (Å²) in [5.74, 6) is 0.156. The largest absolute Gasteiger partial charge is 0.381 e. The minimum Gasteiger partial charge on any atom is -0.381 e. The third kappa shape index (κ3) is 7.26. The highest BCUT2D eigenvalue weighted by molar-refractivity contribution is 9.10. The number of nitrogens with one attached hydrogen (secondary N) is 1. The molecule has 1 fully saturated rings. The number of carbonyl (C=O) groups is 1. The molecule has 1 aliphatic rings. The van der Waals surface area contributed by atoms with Gasteiger partial charge in [-0.05, 0) is 49.9 Å². The number of hydrogen-bond acceptors (Lipinski definition) is 3. The molecule has 6 heteroatoms. The van der Waals surface area contributed by atoms with Crippen LogP contribution in [0.5, 0.6) is 0 Å². The van der Waals surface area contributed by atoms with E-state index in [9.17, 15) is 4.79 Å². The number of nitrogens with two attached hydrogens (primary N) is 1. The average Bonchev–Trinajstić information content (AvgIpc) is 2.61. The molecule has 1 aliphatic heterocycles. The summed E-state index contributed by atoms with van der Waals surface area (Å²) in [7, 11) is 0. The van der Waals surface area contributed by atoms with Crippen LogP contribution in [0.4, 0.5) is 0 Å². The predicted octanol–water partition coefficient (Wildman–Crippen LogP) is 3.94. The Morgan fingerprint density at radius 1 is 1.20 bits per heavy atom. The van der Waals surface area contributed by atoms with Gasteiger partial charge in [0.1, 0.15) is 0 Å². The lowest BCUT2D eigenvalue weighted by atomic mass is 9.74. The van der Waals surface area contributed by atoms with E-state index in [1.54, 1.807) is 0 Å². The van der Waals surface area contributed by atoms with Crippen molar-refractivity contribution < 1.29 is 9.53 Å². The number of amides is 1. The molecule has 0 atom stereocenters. The van der Waals surface area contributed by atoms with Crippen LogP contribution in [0.15, 0.2) is 28.7 Å². The van der Waals surface area contributed by atoms with Gasteiger partial charge in [0.15, 0.2) is 0 Å². The first-order valence-corrected chi connectivity index (χ1v) is 9.76. The SMILES string of the molecule is Cl.NCCCCCCC(=O)NCC1(c2cccc(Br)c2)CCOCC1. The first kappa shape index (κ1) is 22.4. The van der Waals surface area contributed by atoms with Crippen LogP contribution in [0, 0.1) is 0 Å². The zero-order valence-electron chi connectivity index (χ0n) is 14.8. The lowest BCUT2D eigenvalue weighted by molar-refractivity contribution is -0.121. The minimum absolute atomic E-state index is 0. The van der Waals surface area contributed by atoms with E-state index < -0.39 is 0 Å². The van der Waals surface area contributed by atoms with E-state index in [1.807, 2.05) is 6.07 Å². The summed E-state index contributed by atoms with van der Waals surface area (Å²) in [6.45, 7) is 2.93. The topological polar surface area (TPSA) is 64.4 Å². The van der Waals surface area contributed by atoms with Crippen molar-refractivity contribution >= 4 is 34.2 Å². The molecule has 4 nitrogen and oxygen atoms in total. The van der Waals surface area contributed by atoms with Gasteiger partial charge >= 0.3 is 0 Å². The lowest BCUT2D eigenvalue weighted by Gasteiger charge is -2.38. The van der Waals surface area contributed by atoms with Gasteiger partial charge in [-0.25, -0.2) is 0 Å². The van der Waals surface area contributed by atoms with E-state index in [1.165, 1.54) is 5.56 Å². The summed E-state index contributed by atoms with van der Waals surface area (Å²) < 4.78 is 6.63. The molecule has 2 rings (SSSR count). The Bertz CT molecular complexity index is 522. The molecule has 1 amide bonds. The highest BCUT2D eigenvalue weighted by Gasteiger charge is 2.34. The summed E-state index contributed by atoms with van der Waals surface area (Å²) in [4.78, 5) is 12.2. The third-order valence-electron chi connectivity index (χ3n) is 4.87. The quantitative estimate of drug-likeness (QED) is 0.580. The third-order valence-corrected chi connectivity index (χ3v) is 5.36. The standard InChI is InChI=1S/C19H29BrN2O2.ClH/c20-17-7-5-6-16(14-17)19(9-12-24-13-10-19)15-22-18(23)8-3-1-2-4-11-21;/h5-7,14H,1-4,8-13,15,21H2,(H,22,23);1H. The number of ether oxygens (including phenoxy) is 1. The van der Waals surface area contributed by atoms with Gasteiger partial charge in [0, 0.05) is 36.1 Å². The highest BCUT2D eigenvalue weighted by atomic mass is 79.9. The van der Waals surface area contributed by atoms with Crippen molar-refractivity contribution in [2.24, 2.45) is 5.73 Å². The van der Waals surface area contributed by atoms with Crippen molar-refractivity contribution in [3.63, 3.8) is 0 Å². The van der Waals surface area contributed by atoms with Gasteiger partial charge in [0.25, 0.3) is 0 Å². The molecule has 3 N–H and O–H groups in total. The Hall–Kier alpha value is -0.620. The maximum absolute atomic E-state index is 12.2. The van der Waals surface area contributed by atoms with Crippen molar-refractivity contribution in [2.45, 2.75) is 50.4 Å². The number of unbranched alkanes of at least 4 members (excludes halogenated alkanes) is 3. The Labute approximate surface area is 165 Å². The summed E-state index contributed by atoms with van der Waals surface area (Å²) in [6, 6.07) is 8.44. The van der Waals surface area contributed by atoms with Crippen LogP contribution in [-0.2, 0) is 14.9 Å². The highest BCUT2D eigenvalue weighted by Crippen LogP contribution is 2.35. The van der Waals surface area contributed by atoms with E-state index in [4.69, 9.17) is 10.5 Å². The summed E-state index contributed by atoms with van der Waals surface area (Å²) in [6.07, 6.45) is 6.68. The van der Waals surface area contributed by atoms with Crippen molar-refractivity contribution in [1.29, 1.82) is 0 Å². The second-order valence-corrected chi connectivity index (χ2v) is 7.55. The van der Waals surface area contributed by atoms with Crippen molar-refractivity contribution in [1.82, 2.24) is 5.32 Å². The normalized spacial score (nSPS) is 16.1. The number of carbonyl (C=O) groups excluding carboxylic acids is 1. The first-order chi connectivity index (χ1) is 11.7. The van der Waals surface area contributed by atoms with E-state index in [-0.39, 0.29) is 23.7 Å². The molecule has 0 aromatic heterocycles. The zero-order chi connectivity index (χ0) is 17.3. The van der Waals surface area contributed by atoms with Crippen LogP contribution in [0.1, 0.15) is 50.5 Å². The van der Waals surface area contributed by atoms with Gasteiger partial charge in [-0.3, -0.25) is 4.79 Å². The Balaban J connectivity index is 0.00000312. The molecule has 0 radical (unpaired) electrons. The summed E-state index contributed by atoms with van der Waals surface area (Å²) >= 11 is 3.56. The molecule has 0 bridgehead atoms. The molecular weight excluding hydrogens is 404 g/mol. The van der Waals surface area contributed by atoms with Crippen molar-refractivity contribution in [3.05, 3.63) is 34.3 Å². The molecule has 142 valence electrons. The smallest absolute Gasteiger partial charge is 0.220 e. The number of hydrogen-bond donors (Lipinski definition) is 2. The van der Waals surface area contributed by atoms with Gasteiger partial charge in [0.05, 0.1) is 0 Å². The lowest BCUT2D eigenvalue weighted by Crippen LogP contribution is -2.44. The van der Waals surface area contributed by atoms with Crippen LogP contribution in [-0.4, -0.2) is 32.2 Å². The minimum atomic E-state index is -0.0166. The van der Waals surface area contributed by atoms with E-state index in [2.05, 4.69) is 39.4 Å². The molecule has 1 heterocycles. The van der Waals surface area contributed by atoms with Crippen LogP contribution < -0.4 is 11.1 Å². The molecular formula is C19H30BrClN2O2. The van der Waals surface area contributed by atoms with Crippen LogP contribution in [0.2, 0.25) is 0 Å². The van der Waals surface area contributed by atoms with Gasteiger partial charge in [0.2, 0.25) is 5.91 Å². The molecule has 25 heavy (non-hydrogen) atoms. The molecule has 1 saturated heterocycles. The van der Waals surface area contributed by atoms with Gasteiger partial charge in [-0.15, -0.1) is 12.4 Å². The van der Waals surface area contributed by atoms with Gasteiger partial charge < -0.3 is 15.8 Å². The molecule has 0 spiro atoms. The molecule has 1 aromatic carbocycles.